The smallest absolute Gasteiger partial charge is 0.257 e. The third-order valence-electron chi connectivity index (χ3n) is 6.66. The van der Waals surface area contributed by atoms with Crippen LogP contribution in [0.25, 0.3) is 0 Å². The summed E-state index contributed by atoms with van der Waals surface area (Å²) in [7, 11) is 0. The molecule has 7 heteroatoms. The lowest BCUT2D eigenvalue weighted by molar-refractivity contribution is -0.118. The maximum atomic E-state index is 13.3. The molecule has 0 saturated carbocycles. The molecule has 0 aromatic heterocycles. The molecule has 1 saturated heterocycles. The van der Waals surface area contributed by atoms with Crippen molar-refractivity contribution in [3.63, 3.8) is 0 Å². The molecule has 1 fully saturated rings. The highest BCUT2D eigenvalue weighted by molar-refractivity contribution is 6.10. The zero-order valence-corrected chi connectivity index (χ0v) is 19.6. The van der Waals surface area contributed by atoms with Crippen LogP contribution in [0.1, 0.15) is 43.0 Å². The van der Waals surface area contributed by atoms with Gasteiger partial charge >= 0.3 is 0 Å². The number of nitrogens with one attached hydrogen (secondary N) is 1. The zero-order valence-electron chi connectivity index (χ0n) is 19.6. The molecule has 7 nitrogen and oxygen atoms in total. The lowest BCUT2D eigenvalue weighted by atomic mass is 9.98. The summed E-state index contributed by atoms with van der Waals surface area (Å²) in [4.78, 5) is 42.3. The standard InChI is InChI=1S/C28H27N3O4/c1-28-18-17-26(33)31(28)23-14-7-5-12-21(23)27(34)30(28)19-9-16-25(32)29-22-13-6-8-15-24(22)35-20-10-3-2-4-11-20/h2-8,10-15H,9,16-19H2,1H3,(H,29,32). The number of ether oxygens (including phenoxy) is 1. The van der Waals surface area contributed by atoms with Crippen molar-refractivity contribution in [1.82, 2.24) is 4.90 Å². The van der Waals surface area contributed by atoms with E-state index in [1.165, 1.54) is 0 Å². The first-order valence-electron chi connectivity index (χ1n) is 11.8. The monoisotopic (exact) mass is 469 g/mol. The molecular formula is C28H27N3O4. The third kappa shape index (κ3) is 4.25. The molecule has 2 aliphatic heterocycles. The van der Waals surface area contributed by atoms with Gasteiger partial charge in [-0.25, -0.2) is 0 Å². The molecule has 2 aliphatic rings. The predicted molar refractivity (Wildman–Crippen MR) is 133 cm³/mol. The molecule has 1 unspecified atom stereocenters. The Morgan fingerprint density at radius 1 is 0.971 bits per heavy atom. The number of rotatable bonds is 7. The van der Waals surface area contributed by atoms with Gasteiger partial charge in [0.1, 0.15) is 11.4 Å². The number of para-hydroxylation sites is 4. The molecule has 5 rings (SSSR count). The number of carbonyl (C=O) groups is 3. The van der Waals surface area contributed by atoms with Gasteiger partial charge in [0.2, 0.25) is 11.8 Å². The molecule has 0 aliphatic carbocycles. The van der Waals surface area contributed by atoms with Crippen molar-refractivity contribution in [2.45, 2.75) is 38.3 Å². The van der Waals surface area contributed by atoms with Crippen molar-refractivity contribution in [1.29, 1.82) is 0 Å². The number of amides is 3. The Bertz CT molecular complexity index is 1280. The van der Waals surface area contributed by atoms with Gasteiger partial charge in [-0.05, 0) is 56.2 Å². The van der Waals surface area contributed by atoms with Gasteiger partial charge in [0.25, 0.3) is 5.91 Å². The number of hydrogen-bond donors (Lipinski definition) is 1. The van der Waals surface area contributed by atoms with Gasteiger partial charge in [-0.15, -0.1) is 0 Å². The van der Waals surface area contributed by atoms with Crippen molar-refractivity contribution in [3.05, 3.63) is 84.4 Å². The van der Waals surface area contributed by atoms with Crippen LogP contribution < -0.4 is 15.0 Å². The van der Waals surface area contributed by atoms with E-state index < -0.39 is 5.66 Å². The van der Waals surface area contributed by atoms with Gasteiger partial charge in [-0.3, -0.25) is 19.3 Å². The lowest BCUT2D eigenvalue weighted by Gasteiger charge is -2.48. The Morgan fingerprint density at radius 2 is 1.69 bits per heavy atom. The lowest BCUT2D eigenvalue weighted by Crippen LogP contribution is -2.62. The second-order valence-corrected chi connectivity index (χ2v) is 8.98. The van der Waals surface area contributed by atoms with E-state index in [4.69, 9.17) is 4.74 Å². The summed E-state index contributed by atoms with van der Waals surface area (Å²) in [6.07, 6.45) is 1.67. The van der Waals surface area contributed by atoms with Gasteiger partial charge < -0.3 is 15.0 Å². The van der Waals surface area contributed by atoms with Crippen LogP contribution in [0.2, 0.25) is 0 Å². The Labute approximate surface area is 204 Å². The SMILES string of the molecule is CC12CCC(=O)N1c1ccccc1C(=O)N2CCCC(=O)Nc1ccccc1Oc1ccccc1. The number of nitrogens with zero attached hydrogens (tertiary/aromatic N) is 2. The number of benzene rings is 3. The van der Waals surface area contributed by atoms with Crippen molar-refractivity contribution < 1.29 is 19.1 Å². The van der Waals surface area contributed by atoms with Gasteiger partial charge in [0.05, 0.1) is 16.9 Å². The highest BCUT2D eigenvalue weighted by atomic mass is 16.5. The van der Waals surface area contributed by atoms with Gasteiger partial charge in [-0.2, -0.15) is 0 Å². The van der Waals surface area contributed by atoms with Gasteiger partial charge in [-0.1, -0.05) is 42.5 Å². The summed E-state index contributed by atoms with van der Waals surface area (Å²) in [5, 5.41) is 2.93. The Balaban J connectivity index is 1.25. The molecule has 1 atom stereocenters. The van der Waals surface area contributed by atoms with E-state index in [1.807, 2.05) is 61.5 Å². The second-order valence-electron chi connectivity index (χ2n) is 8.98. The summed E-state index contributed by atoms with van der Waals surface area (Å²) in [6.45, 7) is 2.31. The van der Waals surface area contributed by atoms with Gasteiger partial charge in [0.15, 0.2) is 5.75 Å². The zero-order chi connectivity index (χ0) is 24.4. The topological polar surface area (TPSA) is 79.0 Å². The predicted octanol–water partition coefficient (Wildman–Crippen LogP) is 5.20. The number of carbonyl (C=O) groups excluding carboxylic acids is 3. The molecule has 0 radical (unpaired) electrons. The normalized spacial score (nSPS) is 18.8. The fraction of sp³-hybridized carbons (Fsp3) is 0.250. The Hall–Kier alpha value is -4.13. The number of hydrogen-bond acceptors (Lipinski definition) is 4. The van der Waals surface area contributed by atoms with Crippen LogP contribution in [0.4, 0.5) is 11.4 Å². The molecule has 3 amide bonds. The molecule has 0 bridgehead atoms. The maximum Gasteiger partial charge on any atom is 0.257 e. The minimum atomic E-state index is -0.713. The summed E-state index contributed by atoms with van der Waals surface area (Å²) < 4.78 is 5.92. The summed E-state index contributed by atoms with van der Waals surface area (Å²) >= 11 is 0. The van der Waals surface area contributed by atoms with Crippen LogP contribution in [0, 0.1) is 0 Å². The van der Waals surface area contributed by atoms with E-state index in [0.29, 0.717) is 54.2 Å². The highest BCUT2D eigenvalue weighted by Crippen LogP contribution is 2.44. The number of anilines is 2. The first-order chi connectivity index (χ1) is 17.0. The average Bonchev–Trinajstić information content (AvgIpc) is 3.18. The van der Waals surface area contributed by atoms with Crippen LogP contribution in [0.5, 0.6) is 11.5 Å². The Morgan fingerprint density at radius 3 is 2.51 bits per heavy atom. The van der Waals surface area contributed by atoms with Crippen LogP contribution in [-0.4, -0.2) is 34.8 Å². The third-order valence-corrected chi connectivity index (χ3v) is 6.66. The summed E-state index contributed by atoms with van der Waals surface area (Å²) in [5.74, 6) is 0.995. The number of fused-ring (bicyclic) bond motifs is 3. The molecule has 178 valence electrons. The van der Waals surface area contributed by atoms with E-state index in [-0.39, 0.29) is 24.1 Å². The second kappa shape index (κ2) is 9.25. The largest absolute Gasteiger partial charge is 0.455 e. The van der Waals surface area contributed by atoms with Crippen molar-refractivity contribution in [2.24, 2.45) is 0 Å². The van der Waals surface area contributed by atoms with Crippen molar-refractivity contribution >= 4 is 29.1 Å². The average molecular weight is 470 g/mol. The minimum absolute atomic E-state index is 0.0187. The quantitative estimate of drug-likeness (QED) is 0.516. The molecule has 3 aromatic carbocycles. The first kappa shape index (κ1) is 22.7. The van der Waals surface area contributed by atoms with Crippen molar-refractivity contribution in [2.75, 3.05) is 16.8 Å². The fourth-order valence-electron chi connectivity index (χ4n) is 4.93. The molecule has 35 heavy (non-hydrogen) atoms. The Kier molecular flexibility index (Phi) is 5.99. The fourth-order valence-corrected chi connectivity index (χ4v) is 4.93. The van der Waals surface area contributed by atoms with E-state index in [0.717, 1.165) is 0 Å². The van der Waals surface area contributed by atoms with E-state index >= 15 is 0 Å². The minimum Gasteiger partial charge on any atom is -0.455 e. The van der Waals surface area contributed by atoms with Crippen LogP contribution >= 0.6 is 0 Å². The molecule has 2 heterocycles. The van der Waals surface area contributed by atoms with E-state index in [9.17, 15) is 14.4 Å². The van der Waals surface area contributed by atoms with Gasteiger partial charge in [0, 0.05) is 19.4 Å². The summed E-state index contributed by atoms with van der Waals surface area (Å²) in [6, 6.07) is 23.9. The van der Waals surface area contributed by atoms with E-state index in [2.05, 4.69) is 5.32 Å². The first-order valence-corrected chi connectivity index (χ1v) is 11.8. The highest BCUT2D eigenvalue weighted by Gasteiger charge is 2.52. The van der Waals surface area contributed by atoms with Crippen LogP contribution in [-0.2, 0) is 9.59 Å². The van der Waals surface area contributed by atoms with Crippen LogP contribution in [0.15, 0.2) is 78.9 Å². The molecular weight excluding hydrogens is 442 g/mol. The molecule has 1 N–H and O–H groups in total. The maximum absolute atomic E-state index is 13.3. The van der Waals surface area contributed by atoms with Crippen LogP contribution in [0.3, 0.4) is 0 Å². The van der Waals surface area contributed by atoms with E-state index in [1.54, 1.807) is 34.1 Å². The van der Waals surface area contributed by atoms with Crippen molar-refractivity contribution in [3.8, 4) is 11.5 Å². The molecule has 0 spiro atoms. The summed E-state index contributed by atoms with van der Waals surface area (Å²) in [5.41, 5.74) is 1.07. The molecule has 3 aromatic rings.